The Kier molecular flexibility index (Phi) is 6.19. The number of carbonyl (C=O) groups excluding carboxylic acids is 1. The van der Waals surface area contributed by atoms with Crippen molar-refractivity contribution in [3.8, 4) is 11.5 Å². The van der Waals surface area contributed by atoms with Gasteiger partial charge in [0, 0.05) is 18.9 Å². The highest BCUT2D eigenvalue weighted by Crippen LogP contribution is 2.45. The third kappa shape index (κ3) is 3.68. The van der Waals surface area contributed by atoms with E-state index in [9.17, 15) is 15.0 Å². The third-order valence-corrected chi connectivity index (χ3v) is 5.81. The summed E-state index contributed by atoms with van der Waals surface area (Å²) >= 11 is 5.20. The van der Waals surface area contributed by atoms with E-state index in [1.54, 1.807) is 11.8 Å². The number of benzene rings is 1. The van der Waals surface area contributed by atoms with Gasteiger partial charge in [-0.05, 0) is 57.7 Å². The van der Waals surface area contributed by atoms with Gasteiger partial charge in [0.2, 0.25) is 0 Å². The average Bonchev–Trinajstić information content (AvgIpc) is 2.63. The van der Waals surface area contributed by atoms with Crippen molar-refractivity contribution in [2.75, 3.05) is 13.2 Å². The van der Waals surface area contributed by atoms with E-state index in [1.165, 1.54) is 12.4 Å². The standard InChI is InChI=1S/C20H29NO5S/c1-12-13(2)18-16(14(3)17(12)25-15(4)24)7-8-20(6,26-18)21(11-27)19(5,9-22)10-23/h11,22-23H,7-10H2,1-6H3. The quantitative estimate of drug-likeness (QED) is 0.435. The first-order valence-electron chi connectivity index (χ1n) is 9.01. The van der Waals surface area contributed by atoms with E-state index in [-0.39, 0.29) is 19.2 Å². The van der Waals surface area contributed by atoms with Crippen LogP contribution in [0, 0.1) is 20.8 Å². The van der Waals surface area contributed by atoms with Gasteiger partial charge in [0.15, 0.2) is 5.72 Å². The number of rotatable bonds is 6. The highest BCUT2D eigenvalue weighted by molar-refractivity contribution is 7.78. The van der Waals surface area contributed by atoms with Gasteiger partial charge in [-0.25, -0.2) is 0 Å². The molecule has 27 heavy (non-hydrogen) atoms. The van der Waals surface area contributed by atoms with Gasteiger partial charge in [-0.15, -0.1) is 0 Å². The second-order valence-electron chi connectivity index (χ2n) is 7.67. The molecule has 0 aromatic heterocycles. The normalized spacial score (nSPS) is 19.1. The number of fused-ring (bicyclic) bond motifs is 1. The van der Waals surface area contributed by atoms with Crippen molar-refractivity contribution in [1.82, 2.24) is 4.90 Å². The van der Waals surface area contributed by atoms with Crippen LogP contribution in [0.1, 0.15) is 49.4 Å². The predicted octanol–water partition coefficient (Wildman–Crippen LogP) is 2.58. The molecule has 0 radical (unpaired) electrons. The Morgan fingerprint density at radius 2 is 1.89 bits per heavy atom. The largest absolute Gasteiger partial charge is 0.468 e. The second kappa shape index (κ2) is 7.73. The van der Waals surface area contributed by atoms with Gasteiger partial charge < -0.3 is 24.6 Å². The summed E-state index contributed by atoms with van der Waals surface area (Å²) in [5.74, 6) is 0.985. The number of thiocarbonyl (C=S) groups is 1. The molecule has 1 heterocycles. The number of hydrogen-bond acceptors (Lipinski definition) is 6. The van der Waals surface area contributed by atoms with Gasteiger partial charge in [-0.1, -0.05) is 12.2 Å². The molecule has 2 rings (SSSR count). The second-order valence-corrected chi connectivity index (χ2v) is 7.88. The maximum absolute atomic E-state index is 11.5. The lowest BCUT2D eigenvalue weighted by Crippen LogP contribution is -2.64. The first-order chi connectivity index (χ1) is 12.5. The summed E-state index contributed by atoms with van der Waals surface area (Å²) in [7, 11) is 0. The monoisotopic (exact) mass is 395 g/mol. The fraction of sp³-hybridized carbons (Fsp3) is 0.600. The summed E-state index contributed by atoms with van der Waals surface area (Å²) in [6.07, 6.45) is 1.30. The molecule has 0 amide bonds. The molecular weight excluding hydrogens is 366 g/mol. The van der Waals surface area contributed by atoms with Crippen LogP contribution >= 0.6 is 12.2 Å². The van der Waals surface area contributed by atoms with E-state index in [4.69, 9.17) is 21.7 Å². The molecule has 0 saturated heterocycles. The molecule has 0 fully saturated rings. The summed E-state index contributed by atoms with van der Waals surface area (Å²) in [4.78, 5) is 13.2. The highest BCUT2D eigenvalue weighted by atomic mass is 32.1. The fourth-order valence-corrected chi connectivity index (χ4v) is 4.18. The van der Waals surface area contributed by atoms with Crippen molar-refractivity contribution in [2.45, 2.75) is 65.6 Å². The number of ether oxygens (including phenoxy) is 2. The van der Waals surface area contributed by atoms with Gasteiger partial charge in [0.1, 0.15) is 11.5 Å². The summed E-state index contributed by atoms with van der Waals surface area (Å²) < 4.78 is 11.9. The Bertz CT molecular complexity index is 759. The van der Waals surface area contributed by atoms with Crippen LogP contribution in [0.15, 0.2) is 0 Å². The molecule has 0 bridgehead atoms. The molecule has 1 aliphatic heterocycles. The molecule has 1 unspecified atom stereocenters. The van der Waals surface area contributed by atoms with E-state index in [0.717, 1.165) is 28.0 Å². The predicted molar refractivity (Wildman–Crippen MR) is 107 cm³/mol. The van der Waals surface area contributed by atoms with Crippen LogP contribution in [0.25, 0.3) is 0 Å². The van der Waals surface area contributed by atoms with Crippen molar-refractivity contribution in [3.63, 3.8) is 0 Å². The zero-order valence-electron chi connectivity index (χ0n) is 16.9. The summed E-state index contributed by atoms with van der Waals surface area (Å²) in [5, 5.41) is 19.6. The molecule has 1 atom stereocenters. The molecule has 0 spiro atoms. The average molecular weight is 396 g/mol. The molecule has 6 nitrogen and oxygen atoms in total. The van der Waals surface area contributed by atoms with Crippen LogP contribution in [-0.2, 0) is 11.2 Å². The van der Waals surface area contributed by atoms with Gasteiger partial charge >= 0.3 is 5.97 Å². The number of carbonyl (C=O) groups is 1. The number of hydrogen-bond donors (Lipinski definition) is 2. The number of aliphatic hydroxyl groups excluding tert-OH is 2. The molecule has 150 valence electrons. The van der Waals surface area contributed by atoms with Gasteiger partial charge in [0.05, 0.1) is 24.2 Å². The zero-order chi connectivity index (χ0) is 20.6. The minimum absolute atomic E-state index is 0.259. The number of esters is 1. The van der Waals surface area contributed by atoms with Crippen LogP contribution in [0.5, 0.6) is 11.5 Å². The van der Waals surface area contributed by atoms with Crippen molar-refractivity contribution in [3.05, 3.63) is 22.3 Å². The van der Waals surface area contributed by atoms with E-state index in [2.05, 4.69) is 0 Å². The van der Waals surface area contributed by atoms with E-state index in [1.807, 2.05) is 27.7 Å². The lowest BCUT2D eigenvalue weighted by atomic mass is 9.88. The lowest BCUT2D eigenvalue weighted by Gasteiger charge is -2.51. The van der Waals surface area contributed by atoms with Crippen molar-refractivity contribution in [1.29, 1.82) is 0 Å². The molecule has 1 aromatic carbocycles. The summed E-state index contributed by atoms with van der Waals surface area (Å²) in [6.45, 7) is 10.3. The SMILES string of the molecule is CC(=O)Oc1c(C)c(C)c2c(c1C)CCC(C)(N(C=S)C(C)(CO)CO)O2. The van der Waals surface area contributed by atoms with E-state index < -0.39 is 11.3 Å². The van der Waals surface area contributed by atoms with E-state index >= 15 is 0 Å². The molecule has 0 saturated carbocycles. The van der Waals surface area contributed by atoms with E-state index in [0.29, 0.717) is 18.6 Å². The minimum Gasteiger partial charge on any atom is -0.468 e. The van der Waals surface area contributed by atoms with Gasteiger partial charge in [-0.3, -0.25) is 4.79 Å². The number of aliphatic hydroxyl groups is 2. The highest BCUT2D eigenvalue weighted by Gasteiger charge is 2.45. The summed E-state index contributed by atoms with van der Waals surface area (Å²) in [6, 6.07) is 0. The molecule has 1 aliphatic rings. The molecule has 2 N–H and O–H groups in total. The molecule has 1 aromatic rings. The Morgan fingerprint density at radius 1 is 1.30 bits per heavy atom. The maximum Gasteiger partial charge on any atom is 0.308 e. The summed E-state index contributed by atoms with van der Waals surface area (Å²) in [5.41, 5.74) is 3.34. The Morgan fingerprint density at radius 3 is 2.37 bits per heavy atom. The van der Waals surface area contributed by atoms with Crippen LogP contribution in [0.2, 0.25) is 0 Å². The van der Waals surface area contributed by atoms with Gasteiger partial charge in [-0.2, -0.15) is 0 Å². The smallest absolute Gasteiger partial charge is 0.308 e. The molecule has 7 heteroatoms. The number of nitrogens with zero attached hydrogens (tertiary/aromatic N) is 1. The van der Waals surface area contributed by atoms with Crippen LogP contribution in [-0.4, -0.2) is 51.1 Å². The van der Waals surface area contributed by atoms with Crippen molar-refractivity contribution < 1.29 is 24.5 Å². The first-order valence-corrected chi connectivity index (χ1v) is 9.48. The third-order valence-electron chi connectivity index (χ3n) is 5.60. The van der Waals surface area contributed by atoms with Crippen molar-refractivity contribution >= 4 is 23.7 Å². The van der Waals surface area contributed by atoms with Gasteiger partial charge in [0.25, 0.3) is 0 Å². The van der Waals surface area contributed by atoms with Crippen LogP contribution in [0.4, 0.5) is 0 Å². The minimum atomic E-state index is -0.941. The Labute approximate surface area is 166 Å². The van der Waals surface area contributed by atoms with Crippen LogP contribution < -0.4 is 9.47 Å². The Balaban J connectivity index is 2.55. The molecular formula is C20H29NO5S. The first kappa shape index (κ1) is 21.6. The van der Waals surface area contributed by atoms with Crippen molar-refractivity contribution in [2.24, 2.45) is 0 Å². The fourth-order valence-electron chi connectivity index (χ4n) is 3.70. The maximum atomic E-state index is 11.5. The van der Waals surface area contributed by atoms with Crippen LogP contribution in [0.3, 0.4) is 0 Å². The Hall–Kier alpha value is -1.70. The zero-order valence-corrected chi connectivity index (χ0v) is 17.7. The molecule has 0 aliphatic carbocycles. The topological polar surface area (TPSA) is 79.2 Å². The lowest BCUT2D eigenvalue weighted by molar-refractivity contribution is -0.132.